The molecule has 1 rings (SSSR count). The maximum atomic E-state index is 4.30. The Bertz CT molecular complexity index is 235. The van der Waals surface area contributed by atoms with Gasteiger partial charge in [-0.3, -0.25) is 4.98 Å². The third-order valence-electron chi connectivity index (χ3n) is 1.68. The maximum absolute atomic E-state index is 4.30. The van der Waals surface area contributed by atoms with E-state index in [4.69, 9.17) is 0 Å². The van der Waals surface area contributed by atoms with Crippen LogP contribution in [0.1, 0.15) is 18.2 Å². The molecule has 1 aromatic rings. The second-order valence-electron chi connectivity index (χ2n) is 2.77. The average Bonchev–Trinajstić information content (AvgIpc) is 2.05. The number of hydrogen-bond acceptors (Lipinski definition) is 2. The van der Waals surface area contributed by atoms with Gasteiger partial charge in [0.25, 0.3) is 0 Å². The van der Waals surface area contributed by atoms with E-state index in [2.05, 4.69) is 24.9 Å². The fourth-order valence-electron chi connectivity index (χ4n) is 1.06. The van der Waals surface area contributed by atoms with E-state index in [9.17, 15) is 0 Å². The second kappa shape index (κ2) is 5.20. The van der Waals surface area contributed by atoms with Crippen LogP contribution in [-0.4, -0.2) is 16.5 Å². The topological polar surface area (TPSA) is 12.9 Å². The van der Waals surface area contributed by atoms with Gasteiger partial charge in [-0.05, 0) is 42.5 Å². The fourth-order valence-corrected chi connectivity index (χ4v) is 1.70. The minimum atomic E-state index is 1.10. The van der Waals surface area contributed by atoms with Crippen LogP contribution in [0.2, 0.25) is 0 Å². The molecule has 0 aromatic carbocycles. The van der Waals surface area contributed by atoms with E-state index in [-0.39, 0.29) is 0 Å². The predicted molar refractivity (Wildman–Crippen MR) is 55.7 cm³/mol. The van der Waals surface area contributed by atoms with Crippen molar-refractivity contribution in [2.45, 2.75) is 20.3 Å². The lowest BCUT2D eigenvalue weighted by Gasteiger charge is -1.99. The van der Waals surface area contributed by atoms with Crippen LogP contribution in [0.25, 0.3) is 0 Å². The van der Waals surface area contributed by atoms with Gasteiger partial charge < -0.3 is 0 Å². The summed E-state index contributed by atoms with van der Waals surface area (Å²) in [4.78, 5) is 4.30. The summed E-state index contributed by atoms with van der Waals surface area (Å²) < 4.78 is 0. The molecular weight excluding hydrogens is 166 g/mol. The summed E-state index contributed by atoms with van der Waals surface area (Å²) in [6, 6.07) is 4.20. The minimum absolute atomic E-state index is 1.10. The molecule has 12 heavy (non-hydrogen) atoms. The Kier molecular flexibility index (Phi) is 4.15. The van der Waals surface area contributed by atoms with Crippen LogP contribution in [0.15, 0.2) is 18.3 Å². The number of rotatable bonds is 4. The van der Waals surface area contributed by atoms with Crippen LogP contribution in [0.4, 0.5) is 0 Å². The summed E-state index contributed by atoms with van der Waals surface area (Å²) >= 11 is 1.97. The first kappa shape index (κ1) is 9.59. The van der Waals surface area contributed by atoms with Crippen molar-refractivity contribution in [2.75, 3.05) is 11.5 Å². The molecule has 0 saturated heterocycles. The summed E-state index contributed by atoms with van der Waals surface area (Å²) in [5.74, 6) is 2.39. The number of aromatic nitrogens is 1. The molecule has 0 amide bonds. The van der Waals surface area contributed by atoms with Gasteiger partial charge in [0.15, 0.2) is 0 Å². The molecule has 1 aromatic heterocycles. The largest absolute Gasteiger partial charge is 0.261 e. The summed E-state index contributed by atoms with van der Waals surface area (Å²) in [5, 5.41) is 0. The maximum Gasteiger partial charge on any atom is 0.0414 e. The van der Waals surface area contributed by atoms with Gasteiger partial charge in [0, 0.05) is 11.9 Å². The molecule has 0 aliphatic carbocycles. The molecular formula is C10H15NS. The molecule has 0 aliphatic rings. The van der Waals surface area contributed by atoms with Crippen molar-refractivity contribution in [3.63, 3.8) is 0 Å². The van der Waals surface area contributed by atoms with Crippen molar-refractivity contribution < 1.29 is 0 Å². The van der Waals surface area contributed by atoms with Gasteiger partial charge >= 0.3 is 0 Å². The van der Waals surface area contributed by atoms with E-state index < -0.39 is 0 Å². The van der Waals surface area contributed by atoms with Gasteiger partial charge in [-0.1, -0.05) is 6.92 Å². The fraction of sp³-hybridized carbons (Fsp3) is 0.500. The Balaban J connectivity index is 2.41. The number of nitrogens with zero attached hydrogens (tertiary/aromatic N) is 1. The Morgan fingerprint density at radius 3 is 3.00 bits per heavy atom. The molecule has 0 saturated carbocycles. The number of aryl methyl sites for hydroxylation is 2. The Labute approximate surface area is 78.6 Å². The third-order valence-corrected chi connectivity index (χ3v) is 2.58. The summed E-state index contributed by atoms with van der Waals surface area (Å²) in [6.45, 7) is 4.30. The van der Waals surface area contributed by atoms with Crippen molar-refractivity contribution in [2.24, 2.45) is 0 Å². The smallest absolute Gasteiger partial charge is 0.0414 e. The molecule has 0 bridgehead atoms. The molecule has 1 heterocycles. The zero-order valence-corrected chi connectivity index (χ0v) is 8.53. The van der Waals surface area contributed by atoms with Crippen LogP contribution in [-0.2, 0) is 6.42 Å². The molecule has 0 radical (unpaired) electrons. The molecule has 0 unspecified atom stereocenters. The highest BCUT2D eigenvalue weighted by Gasteiger charge is 1.93. The van der Waals surface area contributed by atoms with Gasteiger partial charge in [0.2, 0.25) is 0 Å². The van der Waals surface area contributed by atoms with E-state index >= 15 is 0 Å². The van der Waals surface area contributed by atoms with E-state index in [0.717, 1.165) is 6.42 Å². The normalized spacial score (nSPS) is 10.2. The van der Waals surface area contributed by atoms with Crippen LogP contribution < -0.4 is 0 Å². The van der Waals surface area contributed by atoms with E-state index in [1.54, 1.807) is 0 Å². The first-order valence-corrected chi connectivity index (χ1v) is 5.47. The highest BCUT2D eigenvalue weighted by Crippen LogP contribution is 2.05. The van der Waals surface area contributed by atoms with Crippen LogP contribution >= 0.6 is 11.8 Å². The molecule has 2 heteroatoms. The molecule has 0 aliphatic heterocycles. The van der Waals surface area contributed by atoms with Gasteiger partial charge in [-0.15, -0.1) is 0 Å². The minimum Gasteiger partial charge on any atom is -0.261 e. The first-order valence-electron chi connectivity index (χ1n) is 4.32. The summed E-state index contributed by atoms with van der Waals surface area (Å²) in [7, 11) is 0. The highest BCUT2D eigenvalue weighted by atomic mass is 32.2. The van der Waals surface area contributed by atoms with Crippen LogP contribution in [0, 0.1) is 6.92 Å². The summed E-state index contributed by atoms with van der Waals surface area (Å²) in [5.41, 5.74) is 2.53. The van der Waals surface area contributed by atoms with Crippen molar-refractivity contribution >= 4 is 11.8 Å². The van der Waals surface area contributed by atoms with Crippen molar-refractivity contribution in [1.82, 2.24) is 4.98 Å². The Hall–Kier alpha value is -0.500. The lowest BCUT2D eigenvalue weighted by atomic mass is 10.2. The van der Waals surface area contributed by atoms with Crippen molar-refractivity contribution in [1.29, 1.82) is 0 Å². The molecule has 0 fully saturated rings. The Morgan fingerprint density at radius 1 is 1.50 bits per heavy atom. The van der Waals surface area contributed by atoms with Gasteiger partial charge in [-0.25, -0.2) is 0 Å². The first-order chi connectivity index (χ1) is 5.83. The lowest BCUT2D eigenvalue weighted by molar-refractivity contribution is 1.04. The van der Waals surface area contributed by atoms with Crippen molar-refractivity contribution in [3.8, 4) is 0 Å². The van der Waals surface area contributed by atoms with Gasteiger partial charge in [0.1, 0.15) is 0 Å². The van der Waals surface area contributed by atoms with Gasteiger partial charge in [0.05, 0.1) is 0 Å². The number of thioether (sulfide) groups is 1. The zero-order chi connectivity index (χ0) is 8.81. The standard InChI is InChI=1S/C10H15NS/c1-3-12-7-5-10-8-9(2)4-6-11-10/h4,6,8H,3,5,7H2,1-2H3. The number of pyridine rings is 1. The quantitative estimate of drug-likeness (QED) is 0.662. The molecule has 0 spiro atoms. The number of hydrogen-bond donors (Lipinski definition) is 0. The van der Waals surface area contributed by atoms with E-state index in [0.29, 0.717) is 0 Å². The van der Waals surface area contributed by atoms with E-state index in [1.165, 1.54) is 22.8 Å². The van der Waals surface area contributed by atoms with Gasteiger partial charge in [-0.2, -0.15) is 11.8 Å². The predicted octanol–water partition coefficient (Wildman–Crippen LogP) is 2.69. The van der Waals surface area contributed by atoms with E-state index in [1.807, 2.05) is 24.0 Å². The Morgan fingerprint density at radius 2 is 2.33 bits per heavy atom. The molecule has 66 valence electrons. The second-order valence-corrected chi connectivity index (χ2v) is 4.17. The monoisotopic (exact) mass is 181 g/mol. The van der Waals surface area contributed by atoms with Crippen molar-refractivity contribution in [3.05, 3.63) is 29.6 Å². The molecule has 0 N–H and O–H groups in total. The zero-order valence-electron chi connectivity index (χ0n) is 7.71. The van der Waals surface area contributed by atoms with Crippen LogP contribution in [0.5, 0.6) is 0 Å². The lowest BCUT2D eigenvalue weighted by Crippen LogP contribution is -1.92. The molecule has 0 atom stereocenters. The molecule has 1 nitrogen and oxygen atoms in total. The highest BCUT2D eigenvalue weighted by molar-refractivity contribution is 7.99. The SMILES string of the molecule is CCSCCc1cc(C)ccn1. The third kappa shape index (κ3) is 3.26. The average molecular weight is 181 g/mol. The summed E-state index contributed by atoms with van der Waals surface area (Å²) in [6.07, 6.45) is 2.99. The van der Waals surface area contributed by atoms with Crippen LogP contribution in [0.3, 0.4) is 0 Å².